The molecule has 0 heterocycles. The molecule has 0 radical (unpaired) electrons. The molecule has 0 bridgehead atoms. The van der Waals surface area contributed by atoms with Gasteiger partial charge in [-0.1, -0.05) is 25.5 Å². The van der Waals surface area contributed by atoms with Crippen molar-refractivity contribution in [2.45, 2.75) is 44.6 Å². The van der Waals surface area contributed by atoms with Gasteiger partial charge in [-0.3, -0.25) is 0 Å². The lowest BCUT2D eigenvalue weighted by Crippen LogP contribution is -2.31. The number of hydrogen-bond donors (Lipinski definition) is 1. The molecule has 2 heteroatoms. The average Bonchev–Trinajstić information content (AvgIpc) is 2.40. The molecule has 1 aromatic rings. The third-order valence-corrected chi connectivity index (χ3v) is 4.06. The molecule has 0 aliphatic heterocycles. The van der Waals surface area contributed by atoms with Crippen molar-refractivity contribution >= 4 is 0 Å². The number of nitriles is 1. The molecule has 2 rings (SSSR count). The molecule has 0 unspecified atom stereocenters. The molecular formula is C15H19NO. The standard InChI is InChI=1S/C15H19NO/c1-2-12-7-9-15(17,10-8-12)14-5-3-13(11-16)4-6-14/h3-6,12,17H,2,7-10H2,1H3. The minimum absolute atomic E-state index is 0.652. The molecule has 0 atom stereocenters. The number of benzene rings is 1. The first-order valence-corrected chi connectivity index (χ1v) is 6.41. The number of rotatable bonds is 2. The molecule has 1 aliphatic carbocycles. The molecule has 1 aromatic carbocycles. The third-order valence-electron chi connectivity index (χ3n) is 4.06. The Labute approximate surface area is 103 Å². The Kier molecular flexibility index (Phi) is 3.49. The summed E-state index contributed by atoms with van der Waals surface area (Å²) in [4.78, 5) is 0. The predicted molar refractivity (Wildman–Crippen MR) is 67.3 cm³/mol. The van der Waals surface area contributed by atoms with E-state index in [0.717, 1.165) is 37.2 Å². The van der Waals surface area contributed by atoms with Gasteiger partial charge in [0, 0.05) is 0 Å². The zero-order valence-electron chi connectivity index (χ0n) is 10.3. The van der Waals surface area contributed by atoms with Gasteiger partial charge in [0.1, 0.15) is 0 Å². The van der Waals surface area contributed by atoms with E-state index >= 15 is 0 Å². The second-order valence-corrected chi connectivity index (χ2v) is 5.07. The smallest absolute Gasteiger partial charge is 0.0991 e. The van der Waals surface area contributed by atoms with Crippen LogP contribution in [-0.4, -0.2) is 5.11 Å². The number of hydrogen-bond acceptors (Lipinski definition) is 2. The van der Waals surface area contributed by atoms with Crippen molar-refractivity contribution in [3.05, 3.63) is 35.4 Å². The highest BCUT2D eigenvalue weighted by Crippen LogP contribution is 2.40. The average molecular weight is 229 g/mol. The van der Waals surface area contributed by atoms with Gasteiger partial charge in [-0.05, 0) is 49.3 Å². The normalized spacial score (nSPS) is 28.6. The van der Waals surface area contributed by atoms with Crippen LogP contribution >= 0.6 is 0 Å². The summed E-state index contributed by atoms with van der Waals surface area (Å²) in [5.41, 5.74) is 0.949. The summed E-state index contributed by atoms with van der Waals surface area (Å²) in [6.45, 7) is 2.22. The van der Waals surface area contributed by atoms with Crippen LogP contribution in [0.5, 0.6) is 0 Å². The summed E-state index contributed by atoms with van der Waals surface area (Å²) in [5, 5.41) is 19.4. The molecule has 1 saturated carbocycles. The molecule has 17 heavy (non-hydrogen) atoms. The number of nitrogens with zero attached hydrogens (tertiary/aromatic N) is 1. The fourth-order valence-corrected chi connectivity index (χ4v) is 2.71. The van der Waals surface area contributed by atoms with E-state index in [1.807, 2.05) is 12.1 Å². The van der Waals surface area contributed by atoms with Crippen LogP contribution in [0.15, 0.2) is 24.3 Å². The van der Waals surface area contributed by atoms with Gasteiger partial charge in [0.05, 0.1) is 17.2 Å². The van der Waals surface area contributed by atoms with Gasteiger partial charge in [0.15, 0.2) is 0 Å². The first-order chi connectivity index (χ1) is 8.18. The van der Waals surface area contributed by atoms with Crippen LogP contribution in [0.3, 0.4) is 0 Å². The van der Waals surface area contributed by atoms with Crippen LogP contribution in [0, 0.1) is 17.2 Å². The number of aliphatic hydroxyl groups is 1. The van der Waals surface area contributed by atoms with E-state index in [-0.39, 0.29) is 0 Å². The summed E-state index contributed by atoms with van der Waals surface area (Å²) in [6, 6.07) is 9.47. The minimum atomic E-state index is -0.667. The van der Waals surface area contributed by atoms with Gasteiger partial charge >= 0.3 is 0 Å². The molecule has 0 saturated heterocycles. The van der Waals surface area contributed by atoms with Crippen molar-refractivity contribution in [3.63, 3.8) is 0 Å². The molecule has 90 valence electrons. The van der Waals surface area contributed by atoms with Gasteiger partial charge in [-0.15, -0.1) is 0 Å². The van der Waals surface area contributed by atoms with Crippen molar-refractivity contribution in [1.82, 2.24) is 0 Å². The molecule has 0 amide bonds. The summed E-state index contributed by atoms with van der Waals surface area (Å²) in [5.74, 6) is 0.772. The Morgan fingerprint density at radius 3 is 2.35 bits per heavy atom. The first kappa shape index (κ1) is 12.1. The Bertz CT molecular complexity index is 408. The highest BCUT2D eigenvalue weighted by molar-refractivity contribution is 5.34. The van der Waals surface area contributed by atoms with Gasteiger partial charge < -0.3 is 5.11 Å². The van der Waals surface area contributed by atoms with Crippen LogP contribution in [0.4, 0.5) is 0 Å². The largest absolute Gasteiger partial charge is 0.385 e. The lowest BCUT2D eigenvalue weighted by atomic mass is 9.74. The Morgan fingerprint density at radius 2 is 1.88 bits per heavy atom. The summed E-state index contributed by atoms with van der Waals surface area (Å²) >= 11 is 0. The van der Waals surface area contributed by atoms with Gasteiger partial charge in [-0.25, -0.2) is 0 Å². The maximum absolute atomic E-state index is 10.6. The van der Waals surface area contributed by atoms with E-state index in [9.17, 15) is 5.11 Å². The second kappa shape index (κ2) is 4.89. The van der Waals surface area contributed by atoms with Crippen molar-refractivity contribution in [2.75, 3.05) is 0 Å². The van der Waals surface area contributed by atoms with Gasteiger partial charge in [0.2, 0.25) is 0 Å². The molecular weight excluding hydrogens is 210 g/mol. The lowest BCUT2D eigenvalue weighted by molar-refractivity contribution is -0.0145. The lowest BCUT2D eigenvalue weighted by Gasteiger charge is -2.36. The highest BCUT2D eigenvalue weighted by Gasteiger charge is 2.33. The third kappa shape index (κ3) is 2.50. The first-order valence-electron chi connectivity index (χ1n) is 6.41. The molecule has 0 spiro atoms. The molecule has 1 fully saturated rings. The fraction of sp³-hybridized carbons (Fsp3) is 0.533. The zero-order valence-corrected chi connectivity index (χ0v) is 10.3. The second-order valence-electron chi connectivity index (χ2n) is 5.07. The maximum atomic E-state index is 10.6. The molecule has 2 nitrogen and oxygen atoms in total. The van der Waals surface area contributed by atoms with Crippen molar-refractivity contribution in [2.24, 2.45) is 5.92 Å². The Morgan fingerprint density at radius 1 is 1.29 bits per heavy atom. The molecule has 1 N–H and O–H groups in total. The van der Waals surface area contributed by atoms with Crippen LogP contribution in [0.1, 0.15) is 50.2 Å². The van der Waals surface area contributed by atoms with Crippen LogP contribution in [0.25, 0.3) is 0 Å². The van der Waals surface area contributed by atoms with Crippen LogP contribution < -0.4 is 0 Å². The van der Waals surface area contributed by atoms with E-state index in [1.54, 1.807) is 12.1 Å². The summed E-state index contributed by atoms with van der Waals surface area (Å²) < 4.78 is 0. The predicted octanol–water partition coefficient (Wildman–Crippen LogP) is 3.35. The molecule has 0 aromatic heterocycles. The van der Waals surface area contributed by atoms with E-state index < -0.39 is 5.60 Å². The van der Waals surface area contributed by atoms with Gasteiger partial charge in [-0.2, -0.15) is 5.26 Å². The quantitative estimate of drug-likeness (QED) is 0.845. The topological polar surface area (TPSA) is 44.0 Å². The van der Waals surface area contributed by atoms with E-state index in [4.69, 9.17) is 5.26 Å². The van der Waals surface area contributed by atoms with Gasteiger partial charge in [0.25, 0.3) is 0 Å². The zero-order chi connectivity index (χ0) is 12.3. The van der Waals surface area contributed by atoms with E-state index in [2.05, 4.69) is 13.0 Å². The summed E-state index contributed by atoms with van der Waals surface area (Å²) in [6.07, 6.45) is 5.11. The Hall–Kier alpha value is -1.33. The maximum Gasteiger partial charge on any atom is 0.0991 e. The Balaban J connectivity index is 2.13. The van der Waals surface area contributed by atoms with Crippen molar-refractivity contribution in [1.29, 1.82) is 5.26 Å². The fourth-order valence-electron chi connectivity index (χ4n) is 2.71. The van der Waals surface area contributed by atoms with E-state index in [0.29, 0.717) is 5.56 Å². The van der Waals surface area contributed by atoms with Crippen LogP contribution in [-0.2, 0) is 5.60 Å². The SMILES string of the molecule is CCC1CCC(O)(c2ccc(C#N)cc2)CC1. The molecule has 1 aliphatic rings. The van der Waals surface area contributed by atoms with Crippen LogP contribution in [0.2, 0.25) is 0 Å². The monoisotopic (exact) mass is 229 g/mol. The minimum Gasteiger partial charge on any atom is -0.385 e. The van der Waals surface area contributed by atoms with Crippen molar-refractivity contribution in [3.8, 4) is 6.07 Å². The van der Waals surface area contributed by atoms with Crippen molar-refractivity contribution < 1.29 is 5.11 Å². The summed E-state index contributed by atoms with van der Waals surface area (Å²) in [7, 11) is 0. The highest BCUT2D eigenvalue weighted by atomic mass is 16.3. The van der Waals surface area contributed by atoms with E-state index in [1.165, 1.54) is 6.42 Å².